The van der Waals surface area contributed by atoms with Gasteiger partial charge < -0.3 is 15.0 Å². The van der Waals surface area contributed by atoms with E-state index in [-0.39, 0.29) is 11.7 Å². The number of rotatable bonds is 3. The van der Waals surface area contributed by atoms with Crippen LogP contribution in [-0.4, -0.2) is 33.8 Å². The number of nitrogens with one attached hydrogen (secondary N) is 2. The minimum Gasteiger partial charge on any atom is -0.490 e. The van der Waals surface area contributed by atoms with Gasteiger partial charge >= 0.3 is 0 Å². The number of hydrogen-bond acceptors (Lipinski definition) is 4. The molecule has 6 heteroatoms. The lowest BCUT2D eigenvalue weighted by Crippen LogP contribution is -2.28. The van der Waals surface area contributed by atoms with Crippen LogP contribution in [0.25, 0.3) is 16.6 Å². The molecule has 0 bridgehead atoms. The SMILES string of the molecule is CC(C)Oc1cccc2nn3c(C4CCNCC4)cc(=O)[nH]c3c12. The Morgan fingerprint density at radius 2 is 2.08 bits per heavy atom. The molecule has 0 spiro atoms. The largest absolute Gasteiger partial charge is 0.490 e. The van der Waals surface area contributed by atoms with Gasteiger partial charge in [0.25, 0.3) is 5.56 Å². The molecule has 0 saturated carbocycles. The number of nitrogens with zero attached hydrogens (tertiary/aromatic N) is 2. The van der Waals surface area contributed by atoms with E-state index in [0.717, 1.165) is 53.9 Å². The fourth-order valence-electron chi connectivity index (χ4n) is 3.52. The summed E-state index contributed by atoms with van der Waals surface area (Å²) in [7, 11) is 0. The molecule has 1 aliphatic rings. The molecular formula is C18H22N4O2. The van der Waals surface area contributed by atoms with Gasteiger partial charge in [-0.2, -0.15) is 5.10 Å². The highest BCUT2D eigenvalue weighted by Gasteiger charge is 2.21. The second-order valence-corrected chi connectivity index (χ2v) is 6.66. The van der Waals surface area contributed by atoms with Crippen molar-refractivity contribution in [3.05, 3.63) is 40.3 Å². The van der Waals surface area contributed by atoms with E-state index in [9.17, 15) is 4.79 Å². The Labute approximate surface area is 139 Å². The molecule has 1 aliphatic heterocycles. The van der Waals surface area contributed by atoms with Gasteiger partial charge in [-0.05, 0) is 51.9 Å². The fraction of sp³-hybridized carbons (Fsp3) is 0.444. The maximum absolute atomic E-state index is 12.3. The van der Waals surface area contributed by atoms with E-state index >= 15 is 0 Å². The molecule has 6 nitrogen and oxygen atoms in total. The Hall–Kier alpha value is -2.34. The van der Waals surface area contributed by atoms with Gasteiger partial charge in [0.15, 0.2) is 0 Å². The van der Waals surface area contributed by atoms with Crippen molar-refractivity contribution in [2.75, 3.05) is 13.1 Å². The molecule has 2 N–H and O–H groups in total. The summed E-state index contributed by atoms with van der Waals surface area (Å²) >= 11 is 0. The van der Waals surface area contributed by atoms with Gasteiger partial charge in [0.05, 0.1) is 22.7 Å². The molecule has 2 aromatic heterocycles. The molecule has 126 valence electrons. The van der Waals surface area contributed by atoms with Crippen LogP contribution < -0.4 is 15.6 Å². The van der Waals surface area contributed by atoms with E-state index in [1.54, 1.807) is 6.07 Å². The summed E-state index contributed by atoms with van der Waals surface area (Å²) in [5, 5.41) is 8.99. The second kappa shape index (κ2) is 5.94. The summed E-state index contributed by atoms with van der Waals surface area (Å²) in [5.41, 5.74) is 2.46. The molecule has 3 aromatic rings. The van der Waals surface area contributed by atoms with Crippen molar-refractivity contribution in [3.63, 3.8) is 0 Å². The summed E-state index contributed by atoms with van der Waals surface area (Å²) in [6.45, 7) is 5.93. The second-order valence-electron chi connectivity index (χ2n) is 6.66. The van der Waals surface area contributed by atoms with Crippen molar-refractivity contribution < 1.29 is 4.74 Å². The van der Waals surface area contributed by atoms with Gasteiger partial charge in [0.2, 0.25) is 0 Å². The van der Waals surface area contributed by atoms with Crippen molar-refractivity contribution in [1.82, 2.24) is 19.9 Å². The van der Waals surface area contributed by atoms with Gasteiger partial charge in [-0.15, -0.1) is 0 Å². The molecule has 1 saturated heterocycles. The number of fused-ring (bicyclic) bond motifs is 3. The number of piperidine rings is 1. The van der Waals surface area contributed by atoms with Crippen LogP contribution in [0.1, 0.15) is 38.3 Å². The topological polar surface area (TPSA) is 71.4 Å². The summed E-state index contributed by atoms with van der Waals surface area (Å²) in [6.07, 6.45) is 2.10. The normalized spacial score (nSPS) is 16.3. The van der Waals surface area contributed by atoms with Crippen molar-refractivity contribution in [1.29, 1.82) is 0 Å². The zero-order chi connectivity index (χ0) is 16.7. The monoisotopic (exact) mass is 326 g/mol. The molecule has 4 rings (SSSR count). The smallest absolute Gasteiger partial charge is 0.251 e. The molecule has 0 atom stereocenters. The van der Waals surface area contributed by atoms with E-state index < -0.39 is 0 Å². The summed E-state index contributed by atoms with van der Waals surface area (Å²) in [4.78, 5) is 15.2. The Morgan fingerprint density at radius 3 is 2.83 bits per heavy atom. The minimum absolute atomic E-state index is 0.0601. The highest BCUT2D eigenvalue weighted by Crippen LogP contribution is 2.31. The number of ether oxygens (including phenoxy) is 1. The Kier molecular flexibility index (Phi) is 3.76. The van der Waals surface area contributed by atoms with Crippen molar-refractivity contribution in [2.24, 2.45) is 0 Å². The van der Waals surface area contributed by atoms with E-state index in [2.05, 4.69) is 10.3 Å². The van der Waals surface area contributed by atoms with Gasteiger partial charge in [-0.3, -0.25) is 4.79 Å². The molecule has 1 aromatic carbocycles. The maximum atomic E-state index is 12.3. The molecule has 0 amide bonds. The first-order chi connectivity index (χ1) is 11.6. The first-order valence-corrected chi connectivity index (χ1v) is 8.55. The Balaban J connectivity index is 1.97. The molecule has 0 unspecified atom stereocenters. The highest BCUT2D eigenvalue weighted by atomic mass is 16.5. The van der Waals surface area contributed by atoms with Crippen molar-refractivity contribution in [3.8, 4) is 5.75 Å². The molecule has 0 radical (unpaired) electrons. The first kappa shape index (κ1) is 15.2. The molecule has 0 aliphatic carbocycles. The van der Waals surface area contributed by atoms with Gasteiger partial charge in [-0.25, -0.2) is 4.52 Å². The van der Waals surface area contributed by atoms with Gasteiger partial charge in [0.1, 0.15) is 11.4 Å². The number of aromatic amines is 1. The number of H-pyrrole nitrogens is 1. The zero-order valence-corrected chi connectivity index (χ0v) is 14.0. The third-order valence-electron chi connectivity index (χ3n) is 4.55. The van der Waals surface area contributed by atoms with Gasteiger partial charge in [-0.1, -0.05) is 6.07 Å². The van der Waals surface area contributed by atoms with Crippen LogP contribution in [0.15, 0.2) is 29.1 Å². The average Bonchev–Trinajstić information content (AvgIpc) is 2.94. The van der Waals surface area contributed by atoms with Gasteiger partial charge in [0, 0.05) is 12.0 Å². The molecular weight excluding hydrogens is 304 g/mol. The highest BCUT2D eigenvalue weighted by molar-refractivity contribution is 5.97. The van der Waals surface area contributed by atoms with Crippen LogP contribution in [0, 0.1) is 0 Å². The van der Waals surface area contributed by atoms with Crippen LogP contribution in [-0.2, 0) is 0 Å². The molecule has 1 fully saturated rings. The summed E-state index contributed by atoms with van der Waals surface area (Å²) < 4.78 is 7.83. The third kappa shape index (κ3) is 2.57. The lowest BCUT2D eigenvalue weighted by Gasteiger charge is -2.23. The number of hydrogen-bond donors (Lipinski definition) is 2. The zero-order valence-electron chi connectivity index (χ0n) is 14.0. The van der Waals surface area contributed by atoms with E-state index in [0.29, 0.717) is 5.92 Å². The lowest BCUT2D eigenvalue weighted by atomic mass is 9.94. The van der Waals surface area contributed by atoms with E-state index in [1.165, 1.54) is 0 Å². The van der Waals surface area contributed by atoms with E-state index in [4.69, 9.17) is 9.84 Å². The summed E-state index contributed by atoms with van der Waals surface area (Å²) in [5.74, 6) is 1.11. The molecule has 3 heterocycles. The minimum atomic E-state index is -0.0859. The fourth-order valence-corrected chi connectivity index (χ4v) is 3.52. The summed E-state index contributed by atoms with van der Waals surface area (Å²) in [6, 6.07) is 7.52. The standard InChI is InChI=1S/C18H22N4O2/c1-11(2)24-15-5-3-4-13-17(15)18-20-16(23)10-14(22(18)21-13)12-6-8-19-9-7-12/h3-5,10-12,19H,6-9H2,1-2H3,(H,20,23). The predicted molar refractivity (Wildman–Crippen MR) is 93.9 cm³/mol. The molecule has 24 heavy (non-hydrogen) atoms. The van der Waals surface area contributed by atoms with Crippen LogP contribution in [0.2, 0.25) is 0 Å². The van der Waals surface area contributed by atoms with Crippen molar-refractivity contribution in [2.45, 2.75) is 38.7 Å². The van der Waals surface area contributed by atoms with Crippen molar-refractivity contribution >= 4 is 16.6 Å². The third-order valence-corrected chi connectivity index (χ3v) is 4.55. The first-order valence-electron chi connectivity index (χ1n) is 8.55. The number of benzene rings is 1. The van der Waals surface area contributed by atoms with Crippen LogP contribution >= 0.6 is 0 Å². The number of aromatic nitrogens is 3. The lowest BCUT2D eigenvalue weighted by molar-refractivity contribution is 0.245. The van der Waals surface area contributed by atoms with Crippen LogP contribution in [0.3, 0.4) is 0 Å². The average molecular weight is 326 g/mol. The van der Waals surface area contributed by atoms with E-state index in [1.807, 2.05) is 36.6 Å². The van der Waals surface area contributed by atoms with Crippen LogP contribution in [0.4, 0.5) is 0 Å². The predicted octanol–water partition coefficient (Wildman–Crippen LogP) is 2.43. The van der Waals surface area contributed by atoms with Crippen LogP contribution in [0.5, 0.6) is 5.75 Å². The Morgan fingerprint density at radius 1 is 1.29 bits per heavy atom. The quantitative estimate of drug-likeness (QED) is 0.775. The Bertz CT molecular complexity index is 935. The maximum Gasteiger partial charge on any atom is 0.251 e.